The molecule has 3 rings (SSSR count). The predicted octanol–water partition coefficient (Wildman–Crippen LogP) is 4.62. The molecule has 0 aliphatic heterocycles. The van der Waals surface area contributed by atoms with E-state index in [2.05, 4.69) is 9.17 Å². The Morgan fingerprint density at radius 1 is 1.20 bits per heavy atom. The van der Waals surface area contributed by atoms with E-state index in [4.69, 9.17) is 9.15 Å². The Morgan fingerprint density at radius 3 is 2.40 bits per heavy atom. The summed E-state index contributed by atoms with van der Waals surface area (Å²) in [4.78, 5) is 16.6. The van der Waals surface area contributed by atoms with Gasteiger partial charge in [0.25, 0.3) is 0 Å². The smallest absolute Gasteiger partial charge is 0.443 e. The van der Waals surface area contributed by atoms with Crippen molar-refractivity contribution >= 4 is 27.1 Å². The second-order valence-electron chi connectivity index (χ2n) is 7.27. The van der Waals surface area contributed by atoms with Gasteiger partial charge < -0.3 is 13.3 Å². The minimum atomic E-state index is -5.95. The van der Waals surface area contributed by atoms with Crippen LogP contribution < -0.4 is 4.18 Å². The van der Waals surface area contributed by atoms with Crippen molar-refractivity contribution in [3.63, 3.8) is 0 Å². The average Bonchev–Trinajstić information content (AvgIpc) is 3.16. The van der Waals surface area contributed by atoms with Crippen LogP contribution in [0, 0.1) is 6.92 Å². The lowest BCUT2D eigenvalue weighted by molar-refractivity contribution is -0.0499. The van der Waals surface area contributed by atoms with Crippen molar-refractivity contribution in [2.45, 2.75) is 38.8 Å². The SMILES string of the molecule is Cc1ncc(-c2cn(C(=O)OC(C)(C)C)c3cccc(OS(=O)(=O)C(F)(F)F)c23)o1. The zero-order valence-electron chi connectivity index (χ0n) is 16.3. The Hall–Kier alpha value is -3.02. The average molecular weight is 446 g/mol. The van der Waals surface area contributed by atoms with Crippen LogP contribution >= 0.6 is 0 Å². The van der Waals surface area contributed by atoms with Crippen LogP contribution in [-0.4, -0.2) is 35.2 Å². The van der Waals surface area contributed by atoms with E-state index in [0.29, 0.717) is 0 Å². The van der Waals surface area contributed by atoms with Crippen molar-refractivity contribution in [3.05, 3.63) is 36.5 Å². The highest BCUT2D eigenvalue weighted by Crippen LogP contribution is 2.39. The molecule has 0 fully saturated rings. The highest BCUT2D eigenvalue weighted by atomic mass is 32.2. The highest BCUT2D eigenvalue weighted by molar-refractivity contribution is 7.88. The fourth-order valence-corrected chi connectivity index (χ4v) is 3.09. The number of aromatic nitrogens is 2. The van der Waals surface area contributed by atoms with Gasteiger partial charge in [0, 0.05) is 18.7 Å². The van der Waals surface area contributed by atoms with Crippen molar-refractivity contribution in [2.24, 2.45) is 0 Å². The van der Waals surface area contributed by atoms with Gasteiger partial charge in [0.1, 0.15) is 5.60 Å². The molecule has 0 atom stereocenters. The van der Waals surface area contributed by atoms with E-state index in [1.807, 2.05) is 0 Å². The summed E-state index contributed by atoms with van der Waals surface area (Å²) in [5, 5.41) is -0.0904. The minimum absolute atomic E-state index is 0.0585. The van der Waals surface area contributed by atoms with Crippen LogP contribution in [-0.2, 0) is 14.9 Å². The quantitative estimate of drug-likeness (QED) is 0.428. The number of oxazole rings is 1. The van der Waals surface area contributed by atoms with E-state index in [-0.39, 0.29) is 28.1 Å². The number of nitrogens with zero attached hydrogens (tertiary/aromatic N) is 2. The fraction of sp³-hybridized carbons (Fsp3) is 0.333. The molecule has 0 bridgehead atoms. The van der Waals surface area contributed by atoms with Gasteiger partial charge in [0.2, 0.25) is 0 Å². The normalized spacial score (nSPS) is 12.9. The molecule has 1 aromatic carbocycles. The van der Waals surface area contributed by atoms with Gasteiger partial charge in [-0.15, -0.1) is 0 Å². The van der Waals surface area contributed by atoms with Gasteiger partial charge >= 0.3 is 21.7 Å². The summed E-state index contributed by atoms with van der Waals surface area (Å²) in [7, 11) is -5.95. The molecule has 30 heavy (non-hydrogen) atoms. The van der Waals surface area contributed by atoms with E-state index in [9.17, 15) is 26.4 Å². The molecular weight excluding hydrogens is 429 g/mol. The molecule has 0 aliphatic rings. The van der Waals surface area contributed by atoms with Crippen LogP contribution in [0.1, 0.15) is 26.7 Å². The van der Waals surface area contributed by atoms with Crippen molar-refractivity contribution in [2.75, 3.05) is 0 Å². The van der Waals surface area contributed by atoms with E-state index < -0.39 is 33.1 Å². The summed E-state index contributed by atoms with van der Waals surface area (Å²) >= 11 is 0. The van der Waals surface area contributed by atoms with Gasteiger partial charge in [0.15, 0.2) is 17.4 Å². The summed E-state index contributed by atoms with van der Waals surface area (Å²) in [6.45, 7) is 6.47. The second kappa shape index (κ2) is 7.04. The van der Waals surface area contributed by atoms with Crippen LogP contribution in [0.3, 0.4) is 0 Å². The topological polar surface area (TPSA) is 101 Å². The first-order valence-electron chi connectivity index (χ1n) is 8.50. The number of rotatable bonds is 3. The summed E-state index contributed by atoms with van der Waals surface area (Å²) in [6, 6.07) is 3.69. The number of ether oxygens (including phenoxy) is 1. The Bertz CT molecular complexity index is 1220. The van der Waals surface area contributed by atoms with Crippen molar-refractivity contribution < 1.29 is 39.7 Å². The lowest BCUT2D eigenvalue weighted by Gasteiger charge is -2.19. The van der Waals surface area contributed by atoms with Crippen LogP contribution in [0.5, 0.6) is 5.75 Å². The Labute approximate surface area is 169 Å². The largest absolute Gasteiger partial charge is 0.534 e. The summed E-state index contributed by atoms with van der Waals surface area (Å²) in [5.74, 6) is -0.277. The van der Waals surface area contributed by atoms with Gasteiger partial charge in [-0.2, -0.15) is 21.6 Å². The molecule has 0 saturated heterocycles. The van der Waals surface area contributed by atoms with Gasteiger partial charge in [-0.1, -0.05) is 6.07 Å². The number of benzene rings is 1. The summed E-state index contributed by atoms with van der Waals surface area (Å²) in [6.07, 6.45) is 1.72. The first kappa shape index (κ1) is 21.7. The number of halogens is 3. The van der Waals surface area contributed by atoms with Gasteiger partial charge in [0.05, 0.1) is 17.1 Å². The maximum Gasteiger partial charge on any atom is 0.534 e. The number of fused-ring (bicyclic) bond motifs is 1. The molecule has 8 nitrogen and oxygen atoms in total. The molecule has 2 aromatic heterocycles. The molecule has 0 saturated carbocycles. The number of alkyl halides is 3. The molecular formula is C18H17F3N2O6S. The number of carbonyl (C=O) groups excluding carboxylic acids is 1. The zero-order chi connectivity index (χ0) is 22.5. The van der Waals surface area contributed by atoms with E-state index in [0.717, 1.165) is 10.6 Å². The zero-order valence-corrected chi connectivity index (χ0v) is 17.1. The maximum atomic E-state index is 12.8. The number of hydrogen-bond donors (Lipinski definition) is 0. The third-order valence-electron chi connectivity index (χ3n) is 3.75. The third-order valence-corrected chi connectivity index (χ3v) is 4.72. The Kier molecular flexibility index (Phi) is 5.09. The predicted molar refractivity (Wildman–Crippen MR) is 99.4 cm³/mol. The molecule has 162 valence electrons. The lowest BCUT2D eigenvalue weighted by atomic mass is 10.1. The molecule has 0 N–H and O–H groups in total. The molecule has 0 unspecified atom stereocenters. The van der Waals surface area contributed by atoms with E-state index >= 15 is 0 Å². The van der Waals surface area contributed by atoms with Crippen LogP contribution in [0.4, 0.5) is 18.0 Å². The van der Waals surface area contributed by atoms with Crippen molar-refractivity contribution in [3.8, 4) is 17.1 Å². The molecule has 3 aromatic rings. The van der Waals surface area contributed by atoms with Crippen molar-refractivity contribution in [1.82, 2.24) is 9.55 Å². The Balaban J connectivity index is 2.26. The highest BCUT2D eigenvalue weighted by Gasteiger charge is 2.49. The first-order chi connectivity index (χ1) is 13.7. The molecule has 0 aliphatic carbocycles. The van der Waals surface area contributed by atoms with Crippen LogP contribution in [0.15, 0.2) is 35.0 Å². The van der Waals surface area contributed by atoms with Gasteiger partial charge in [-0.05, 0) is 32.9 Å². The van der Waals surface area contributed by atoms with Gasteiger partial charge in [-0.3, -0.25) is 4.57 Å². The Morgan fingerprint density at radius 2 is 1.87 bits per heavy atom. The number of hydrogen-bond acceptors (Lipinski definition) is 7. The standard InChI is InChI=1S/C18H17F3N2O6S/c1-10-22-8-14(27-10)11-9-23(16(24)28-17(2,3)4)12-6-5-7-13(15(11)12)29-30(25,26)18(19,20)21/h5-9H,1-4H3. The fourth-order valence-electron chi connectivity index (χ4n) is 2.62. The minimum Gasteiger partial charge on any atom is -0.443 e. The molecule has 0 radical (unpaired) electrons. The third kappa shape index (κ3) is 4.13. The maximum absolute atomic E-state index is 12.8. The number of aryl methyl sites for hydroxylation is 1. The second-order valence-corrected chi connectivity index (χ2v) is 8.81. The van der Waals surface area contributed by atoms with Crippen molar-refractivity contribution in [1.29, 1.82) is 0 Å². The molecule has 2 heterocycles. The van der Waals surface area contributed by atoms with Crippen LogP contribution in [0.2, 0.25) is 0 Å². The first-order valence-corrected chi connectivity index (χ1v) is 9.91. The van der Waals surface area contributed by atoms with Gasteiger partial charge in [-0.25, -0.2) is 9.78 Å². The number of carbonyl (C=O) groups is 1. The molecule has 0 amide bonds. The summed E-state index contributed by atoms with van der Waals surface area (Å²) in [5.41, 5.74) is -6.33. The summed E-state index contributed by atoms with van der Waals surface area (Å²) < 4.78 is 77.8. The van der Waals surface area contributed by atoms with E-state index in [1.165, 1.54) is 24.5 Å². The monoisotopic (exact) mass is 446 g/mol. The van der Waals surface area contributed by atoms with Crippen LogP contribution in [0.25, 0.3) is 22.2 Å². The molecule has 0 spiro atoms. The molecule has 12 heteroatoms. The van der Waals surface area contributed by atoms with E-state index in [1.54, 1.807) is 27.7 Å². The lowest BCUT2D eigenvalue weighted by Crippen LogP contribution is -2.28.